The average Bonchev–Trinajstić information content (AvgIpc) is 3.46. The van der Waals surface area contributed by atoms with E-state index in [4.69, 9.17) is 0 Å². The molecule has 4 rings (SSSR count). The zero-order chi connectivity index (χ0) is 16.7. The molecule has 2 fully saturated rings. The molecule has 0 bridgehead atoms. The molecule has 2 unspecified atom stereocenters. The maximum absolute atomic E-state index is 14.2. The van der Waals surface area contributed by atoms with Crippen LogP contribution in [0, 0.1) is 18.7 Å². The Hall–Kier alpha value is -1.28. The Labute approximate surface area is 168 Å². The molecule has 5 nitrogen and oxygen atoms in total. The minimum absolute atomic E-state index is 0. The fraction of sp³-hybridized carbons (Fsp3) is 0.471. The van der Waals surface area contributed by atoms with Gasteiger partial charge in [-0.15, -0.1) is 35.0 Å². The maximum Gasteiger partial charge on any atom is 0.257 e. The predicted molar refractivity (Wildman–Crippen MR) is 105 cm³/mol. The summed E-state index contributed by atoms with van der Waals surface area (Å²) in [7, 11) is 0. The first-order valence-electron chi connectivity index (χ1n) is 8.24. The Morgan fingerprint density at radius 1 is 1.31 bits per heavy atom. The predicted octanol–water partition coefficient (Wildman–Crippen LogP) is 3.94. The SMILES string of the molecule is Cc1nnc(NC(=O)c2ccc(F)c(C3CC3NCC3CC3)c2)s1.Cl.Cl. The fourth-order valence-electron chi connectivity index (χ4n) is 2.89. The van der Waals surface area contributed by atoms with Crippen LogP contribution in [0.2, 0.25) is 0 Å². The number of hydrogen-bond acceptors (Lipinski definition) is 5. The normalized spacial score (nSPS) is 20.7. The molecule has 1 heterocycles. The van der Waals surface area contributed by atoms with E-state index in [1.54, 1.807) is 6.07 Å². The Morgan fingerprint density at radius 3 is 2.73 bits per heavy atom. The number of aryl methyl sites for hydroxylation is 1. The van der Waals surface area contributed by atoms with Gasteiger partial charge in [-0.1, -0.05) is 11.3 Å². The zero-order valence-electron chi connectivity index (χ0n) is 14.2. The van der Waals surface area contributed by atoms with Crippen molar-refractivity contribution in [3.05, 3.63) is 40.2 Å². The Morgan fingerprint density at radius 2 is 2.08 bits per heavy atom. The van der Waals surface area contributed by atoms with E-state index in [2.05, 4.69) is 20.8 Å². The van der Waals surface area contributed by atoms with Gasteiger partial charge in [0, 0.05) is 17.5 Å². The number of amides is 1. The van der Waals surface area contributed by atoms with Crippen molar-refractivity contribution < 1.29 is 9.18 Å². The van der Waals surface area contributed by atoms with Crippen molar-refractivity contribution in [2.45, 2.75) is 38.1 Å². The molecular formula is C17H21Cl2FN4OS. The third-order valence-electron chi connectivity index (χ3n) is 4.56. The van der Waals surface area contributed by atoms with Crippen molar-refractivity contribution in [2.75, 3.05) is 11.9 Å². The lowest BCUT2D eigenvalue weighted by Gasteiger charge is -2.07. The van der Waals surface area contributed by atoms with Gasteiger partial charge in [-0.2, -0.15) is 0 Å². The van der Waals surface area contributed by atoms with Crippen molar-refractivity contribution in [1.29, 1.82) is 0 Å². The third kappa shape index (κ3) is 4.91. The minimum Gasteiger partial charge on any atom is -0.313 e. The van der Waals surface area contributed by atoms with Gasteiger partial charge in [0.05, 0.1) is 0 Å². The summed E-state index contributed by atoms with van der Waals surface area (Å²) in [5.41, 5.74) is 1.08. The number of halogens is 3. The molecule has 142 valence electrons. The third-order valence-corrected chi connectivity index (χ3v) is 5.31. The molecule has 9 heteroatoms. The summed E-state index contributed by atoms with van der Waals surface area (Å²) in [6.07, 6.45) is 3.54. The van der Waals surface area contributed by atoms with Gasteiger partial charge >= 0.3 is 0 Å². The lowest BCUT2D eigenvalue weighted by molar-refractivity contribution is 0.102. The molecule has 0 saturated heterocycles. The monoisotopic (exact) mass is 418 g/mol. The van der Waals surface area contributed by atoms with Gasteiger partial charge in [-0.05, 0) is 62.4 Å². The molecule has 1 aromatic heterocycles. The first-order valence-corrected chi connectivity index (χ1v) is 9.06. The van der Waals surface area contributed by atoms with Crippen LogP contribution in [-0.4, -0.2) is 28.7 Å². The molecule has 2 atom stereocenters. The number of nitrogens with zero attached hydrogens (tertiary/aromatic N) is 2. The second-order valence-corrected chi connectivity index (χ2v) is 7.80. The van der Waals surface area contributed by atoms with Crippen LogP contribution in [-0.2, 0) is 0 Å². The minimum atomic E-state index is -0.282. The average molecular weight is 419 g/mol. The second-order valence-electron chi connectivity index (χ2n) is 6.62. The molecule has 2 saturated carbocycles. The topological polar surface area (TPSA) is 66.9 Å². The van der Waals surface area contributed by atoms with Gasteiger partial charge in [-0.25, -0.2) is 4.39 Å². The van der Waals surface area contributed by atoms with E-state index < -0.39 is 0 Å². The van der Waals surface area contributed by atoms with Gasteiger partial charge in [-0.3, -0.25) is 10.1 Å². The molecule has 0 aliphatic heterocycles. The number of aromatic nitrogens is 2. The van der Waals surface area contributed by atoms with Crippen LogP contribution in [0.5, 0.6) is 0 Å². The highest BCUT2D eigenvalue weighted by molar-refractivity contribution is 7.15. The summed E-state index contributed by atoms with van der Waals surface area (Å²) in [6, 6.07) is 4.90. The van der Waals surface area contributed by atoms with Gasteiger partial charge in [0.2, 0.25) is 5.13 Å². The summed E-state index contributed by atoms with van der Waals surface area (Å²) in [5.74, 6) is 0.457. The smallest absolute Gasteiger partial charge is 0.257 e. The number of hydrogen-bond donors (Lipinski definition) is 2. The maximum atomic E-state index is 14.2. The summed E-state index contributed by atoms with van der Waals surface area (Å²) in [5, 5.41) is 15.2. The van der Waals surface area contributed by atoms with E-state index in [0.29, 0.717) is 22.3 Å². The standard InChI is InChI=1S/C17H19FN4OS.2ClH/c1-9-21-22-17(24-9)20-16(23)11-4-5-14(18)12(6-11)13-7-15(13)19-8-10-2-3-10;;/h4-6,10,13,15,19H,2-3,7-8H2,1H3,(H,20,22,23);2*1H. The largest absolute Gasteiger partial charge is 0.313 e. The van der Waals surface area contributed by atoms with Crippen LogP contribution in [0.3, 0.4) is 0 Å². The molecule has 2 aliphatic carbocycles. The van der Waals surface area contributed by atoms with Crippen LogP contribution >= 0.6 is 36.2 Å². The van der Waals surface area contributed by atoms with E-state index in [1.165, 1.54) is 36.3 Å². The van der Waals surface area contributed by atoms with Crippen LogP contribution in [0.25, 0.3) is 0 Å². The van der Waals surface area contributed by atoms with E-state index in [-0.39, 0.29) is 42.5 Å². The van der Waals surface area contributed by atoms with Gasteiger partial charge in [0.15, 0.2) is 0 Å². The summed E-state index contributed by atoms with van der Waals surface area (Å²) >= 11 is 1.31. The van der Waals surface area contributed by atoms with E-state index >= 15 is 0 Å². The first kappa shape index (κ1) is 21.0. The number of rotatable bonds is 6. The van der Waals surface area contributed by atoms with E-state index in [0.717, 1.165) is 23.9 Å². The molecule has 26 heavy (non-hydrogen) atoms. The van der Waals surface area contributed by atoms with Crippen molar-refractivity contribution in [2.24, 2.45) is 5.92 Å². The fourth-order valence-corrected chi connectivity index (χ4v) is 3.48. The van der Waals surface area contributed by atoms with Crippen LogP contribution in [0.1, 0.15) is 46.1 Å². The molecule has 2 aromatic rings. The lowest BCUT2D eigenvalue weighted by atomic mass is 10.1. The lowest BCUT2D eigenvalue weighted by Crippen LogP contribution is -2.20. The molecule has 1 aromatic carbocycles. The number of benzene rings is 1. The zero-order valence-corrected chi connectivity index (χ0v) is 16.6. The quantitative estimate of drug-likeness (QED) is 0.745. The summed E-state index contributed by atoms with van der Waals surface area (Å²) in [6.45, 7) is 2.85. The molecule has 1 amide bonds. The van der Waals surface area contributed by atoms with Crippen molar-refractivity contribution in [3.63, 3.8) is 0 Å². The number of anilines is 1. The number of nitrogens with one attached hydrogen (secondary N) is 2. The highest BCUT2D eigenvalue weighted by Crippen LogP contribution is 2.43. The molecule has 0 radical (unpaired) electrons. The van der Waals surface area contributed by atoms with Crippen molar-refractivity contribution in [3.8, 4) is 0 Å². The van der Waals surface area contributed by atoms with E-state index in [1.807, 2.05) is 6.92 Å². The number of carbonyl (C=O) groups excluding carboxylic acids is 1. The summed E-state index contributed by atoms with van der Waals surface area (Å²) in [4.78, 5) is 12.3. The Kier molecular flexibility index (Phi) is 6.96. The number of carbonyl (C=O) groups is 1. The van der Waals surface area contributed by atoms with Crippen LogP contribution < -0.4 is 10.6 Å². The van der Waals surface area contributed by atoms with E-state index in [9.17, 15) is 9.18 Å². The van der Waals surface area contributed by atoms with Crippen LogP contribution in [0.4, 0.5) is 9.52 Å². The molecule has 2 N–H and O–H groups in total. The highest BCUT2D eigenvalue weighted by atomic mass is 35.5. The summed E-state index contributed by atoms with van der Waals surface area (Å²) < 4.78 is 14.2. The van der Waals surface area contributed by atoms with Crippen molar-refractivity contribution in [1.82, 2.24) is 15.5 Å². The second kappa shape index (κ2) is 8.61. The Bertz CT molecular complexity index is 784. The van der Waals surface area contributed by atoms with Gasteiger partial charge < -0.3 is 5.32 Å². The van der Waals surface area contributed by atoms with Gasteiger partial charge in [0.25, 0.3) is 5.91 Å². The Balaban J connectivity index is 0.00000121. The molecule has 0 spiro atoms. The van der Waals surface area contributed by atoms with Gasteiger partial charge in [0.1, 0.15) is 10.8 Å². The highest BCUT2D eigenvalue weighted by Gasteiger charge is 2.40. The van der Waals surface area contributed by atoms with Crippen LogP contribution in [0.15, 0.2) is 18.2 Å². The molecular weight excluding hydrogens is 398 g/mol. The molecule has 2 aliphatic rings. The first-order chi connectivity index (χ1) is 11.6. The van der Waals surface area contributed by atoms with Crippen molar-refractivity contribution >= 4 is 47.2 Å².